The molecular weight excluding hydrogens is 207 g/mol. The summed E-state index contributed by atoms with van der Waals surface area (Å²) in [7, 11) is 0. The fourth-order valence-electron chi connectivity index (χ4n) is 0.686. The summed E-state index contributed by atoms with van der Waals surface area (Å²) in [6.45, 7) is 0. The van der Waals surface area contributed by atoms with E-state index in [-0.39, 0.29) is 16.8 Å². The molecule has 0 bridgehead atoms. The Kier molecular flexibility index (Phi) is 5.43. The Morgan fingerprint density at radius 2 is 1.67 bits per heavy atom. The summed E-state index contributed by atoms with van der Waals surface area (Å²) in [5.74, 6) is 0.235. The molecule has 0 heterocycles. The highest BCUT2D eigenvalue weighted by Crippen LogP contribution is 2.29. The molecule has 0 rings (SSSR count). The van der Waals surface area contributed by atoms with Gasteiger partial charge in [0.05, 0.1) is 6.42 Å². The fourth-order valence-corrected chi connectivity index (χ4v) is 4.41. The molecule has 1 atom stereocenters. The SMILES string of the molecule is C[SH](C)N[SH](C)CCC(F)(F)F. The van der Waals surface area contributed by atoms with Crippen molar-refractivity contribution in [3.05, 3.63) is 0 Å². The van der Waals surface area contributed by atoms with Crippen LogP contribution in [0.15, 0.2) is 0 Å². The van der Waals surface area contributed by atoms with Gasteiger partial charge in [0.2, 0.25) is 0 Å². The maximum atomic E-state index is 11.7. The highest BCUT2D eigenvalue weighted by molar-refractivity contribution is 8.29. The van der Waals surface area contributed by atoms with Crippen LogP contribution in [0.4, 0.5) is 13.2 Å². The van der Waals surface area contributed by atoms with Crippen molar-refractivity contribution in [3.8, 4) is 0 Å². The lowest BCUT2D eigenvalue weighted by Gasteiger charge is -2.23. The van der Waals surface area contributed by atoms with E-state index >= 15 is 0 Å². The summed E-state index contributed by atoms with van der Waals surface area (Å²) in [5.41, 5.74) is 0. The zero-order valence-corrected chi connectivity index (χ0v) is 9.23. The second kappa shape index (κ2) is 5.24. The van der Waals surface area contributed by atoms with E-state index < -0.39 is 23.7 Å². The molecule has 0 aliphatic carbocycles. The van der Waals surface area contributed by atoms with E-state index in [0.717, 1.165) is 0 Å². The smallest absolute Gasteiger partial charge is 0.250 e. The minimum absolute atomic E-state index is 0.235. The third-order valence-corrected chi connectivity index (χ3v) is 4.96. The van der Waals surface area contributed by atoms with E-state index in [0.29, 0.717) is 0 Å². The van der Waals surface area contributed by atoms with Crippen molar-refractivity contribution < 1.29 is 13.2 Å². The summed E-state index contributed by atoms with van der Waals surface area (Å²) in [4.78, 5) is 0. The predicted octanol–water partition coefficient (Wildman–Crippen LogP) is 2.25. The Bertz CT molecular complexity index is 126. The second-order valence-corrected chi connectivity index (χ2v) is 7.21. The molecule has 0 spiro atoms. The van der Waals surface area contributed by atoms with Crippen LogP contribution in [-0.2, 0) is 0 Å². The van der Waals surface area contributed by atoms with Crippen molar-refractivity contribution >= 4 is 22.2 Å². The van der Waals surface area contributed by atoms with Gasteiger partial charge in [0.1, 0.15) is 0 Å². The number of hydrogen-bond donors (Lipinski definition) is 3. The average molecular weight is 223 g/mol. The molecule has 1 unspecified atom stereocenters. The molecular formula is C6H16F3NS2. The summed E-state index contributed by atoms with van der Waals surface area (Å²) in [6.07, 6.45) is 1.20. The van der Waals surface area contributed by atoms with Crippen molar-refractivity contribution in [2.45, 2.75) is 12.6 Å². The van der Waals surface area contributed by atoms with E-state index in [2.05, 4.69) is 4.13 Å². The van der Waals surface area contributed by atoms with Gasteiger partial charge in [0.25, 0.3) is 0 Å². The first-order valence-electron chi connectivity index (χ1n) is 3.53. The van der Waals surface area contributed by atoms with Crippen LogP contribution in [0, 0.1) is 0 Å². The summed E-state index contributed by atoms with van der Waals surface area (Å²) in [5, 5.41) is 0. The first kappa shape index (κ1) is 12.4. The molecule has 0 saturated heterocycles. The molecule has 0 aliphatic rings. The molecule has 78 valence electrons. The lowest BCUT2D eigenvalue weighted by Crippen LogP contribution is -2.14. The number of hydrogen-bond acceptors (Lipinski definition) is 1. The number of thiol groups is 2. The van der Waals surface area contributed by atoms with Gasteiger partial charge >= 0.3 is 6.18 Å². The monoisotopic (exact) mass is 223 g/mol. The minimum atomic E-state index is -4.00. The van der Waals surface area contributed by atoms with Crippen molar-refractivity contribution in [1.82, 2.24) is 4.13 Å². The van der Waals surface area contributed by atoms with E-state index in [1.807, 2.05) is 18.8 Å². The average Bonchev–Trinajstić information content (AvgIpc) is 1.80. The topological polar surface area (TPSA) is 12.0 Å². The van der Waals surface area contributed by atoms with Gasteiger partial charge in [-0.15, -0.1) is 0 Å². The van der Waals surface area contributed by atoms with E-state index in [9.17, 15) is 13.2 Å². The van der Waals surface area contributed by atoms with Crippen LogP contribution in [0.1, 0.15) is 6.42 Å². The molecule has 6 heteroatoms. The third kappa shape index (κ3) is 8.55. The highest BCUT2D eigenvalue weighted by Gasteiger charge is 2.26. The van der Waals surface area contributed by atoms with Crippen LogP contribution < -0.4 is 4.13 Å². The normalized spacial score (nSPS) is 17.5. The first-order chi connectivity index (χ1) is 5.31. The maximum absolute atomic E-state index is 11.7. The minimum Gasteiger partial charge on any atom is -0.250 e. The van der Waals surface area contributed by atoms with Gasteiger partial charge in [-0.05, 0) is 24.5 Å². The van der Waals surface area contributed by atoms with E-state index in [4.69, 9.17) is 0 Å². The van der Waals surface area contributed by atoms with Gasteiger partial charge in [-0.25, -0.2) is 4.13 Å². The maximum Gasteiger partial charge on any atom is 0.389 e. The Morgan fingerprint density at radius 1 is 1.17 bits per heavy atom. The lowest BCUT2D eigenvalue weighted by molar-refractivity contribution is -0.129. The zero-order valence-electron chi connectivity index (χ0n) is 7.44. The van der Waals surface area contributed by atoms with Crippen LogP contribution in [-0.4, -0.2) is 30.7 Å². The summed E-state index contributed by atoms with van der Waals surface area (Å²) >= 11 is -0.901. The van der Waals surface area contributed by atoms with Gasteiger partial charge in [-0.1, -0.05) is 0 Å². The Balaban J connectivity index is 3.51. The standard InChI is InChI=1S/C6H16F3NS2/c1-11(2)10-12(3)5-4-6(7,8)9/h10-12H,4-5H2,1-3H3. The largest absolute Gasteiger partial charge is 0.389 e. The number of alkyl halides is 3. The Morgan fingerprint density at radius 3 is 2.00 bits per heavy atom. The van der Waals surface area contributed by atoms with Gasteiger partial charge in [0, 0.05) is 0 Å². The zero-order chi connectivity index (χ0) is 9.78. The van der Waals surface area contributed by atoms with Crippen molar-refractivity contribution in [1.29, 1.82) is 0 Å². The summed E-state index contributed by atoms with van der Waals surface area (Å²) < 4.78 is 38.4. The van der Waals surface area contributed by atoms with Crippen molar-refractivity contribution in [2.75, 3.05) is 24.5 Å². The van der Waals surface area contributed by atoms with Crippen LogP contribution in [0.25, 0.3) is 0 Å². The van der Waals surface area contributed by atoms with Crippen molar-refractivity contribution in [3.63, 3.8) is 0 Å². The fraction of sp³-hybridized carbons (Fsp3) is 1.00. The van der Waals surface area contributed by atoms with Gasteiger partial charge < -0.3 is 0 Å². The molecule has 0 radical (unpaired) electrons. The van der Waals surface area contributed by atoms with Crippen LogP contribution >= 0.6 is 22.2 Å². The molecule has 0 aliphatic heterocycles. The van der Waals surface area contributed by atoms with Crippen LogP contribution in [0.3, 0.4) is 0 Å². The van der Waals surface area contributed by atoms with Gasteiger partial charge in [0.15, 0.2) is 0 Å². The highest BCUT2D eigenvalue weighted by atomic mass is 32.3. The molecule has 0 fully saturated rings. The molecule has 0 aromatic heterocycles. The van der Waals surface area contributed by atoms with Gasteiger partial charge in [-0.2, -0.15) is 35.3 Å². The van der Waals surface area contributed by atoms with Crippen molar-refractivity contribution in [2.24, 2.45) is 0 Å². The quantitative estimate of drug-likeness (QED) is 0.621. The second-order valence-electron chi connectivity index (χ2n) is 2.78. The third-order valence-electron chi connectivity index (χ3n) is 1.10. The molecule has 0 aromatic carbocycles. The Labute approximate surface area is 77.1 Å². The van der Waals surface area contributed by atoms with E-state index in [1.165, 1.54) is 0 Å². The Hall–Kier alpha value is 0.450. The number of rotatable bonds is 4. The van der Waals surface area contributed by atoms with E-state index in [1.54, 1.807) is 0 Å². The molecule has 1 nitrogen and oxygen atoms in total. The number of nitrogens with one attached hydrogen (secondary N) is 1. The predicted molar refractivity (Wildman–Crippen MR) is 54.4 cm³/mol. The summed E-state index contributed by atoms with van der Waals surface area (Å²) in [6, 6.07) is 0. The lowest BCUT2D eigenvalue weighted by atomic mass is 10.5. The molecule has 0 aromatic rings. The van der Waals surface area contributed by atoms with Crippen LogP contribution in [0.5, 0.6) is 0 Å². The first-order valence-corrected chi connectivity index (χ1v) is 7.74. The molecule has 0 amide bonds. The molecule has 0 saturated carbocycles. The molecule has 12 heavy (non-hydrogen) atoms. The molecule has 1 N–H and O–H groups in total. The van der Waals surface area contributed by atoms with Gasteiger partial charge in [-0.3, -0.25) is 0 Å². The van der Waals surface area contributed by atoms with Crippen LogP contribution in [0.2, 0.25) is 0 Å². The number of halogens is 3.